The molecule has 0 amide bonds. The highest BCUT2D eigenvalue weighted by Gasteiger charge is 2.21. The molecule has 0 radical (unpaired) electrons. The van der Waals surface area contributed by atoms with Gasteiger partial charge >= 0.3 is 5.97 Å². The Balaban J connectivity index is 0.00000225. The smallest absolute Gasteiger partial charge is 0.348 e. The molecular formula is C17H17ClFN3O2S. The van der Waals surface area contributed by atoms with Crippen molar-refractivity contribution >= 4 is 51.4 Å². The zero-order valence-corrected chi connectivity index (χ0v) is 15.5. The minimum atomic E-state index is -0.363. The average molecular weight is 382 g/mol. The first-order valence-electron chi connectivity index (χ1n) is 7.43. The Kier molecular flexibility index (Phi) is 5.92. The van der Waals surface area contributed by atoms with Gasteiger partial charge in [0.1, 0.15) is 27.7 Å². The molecule has 25 heavy (non-hydrogen) atoms. The Hall–Kier alpha value is -2.25. The number of nitrogens with zero attached hydrogens (tertiary/aromatic N) is 2. The lowest BCUT2D eigenvalue weighted by Crippen LogP contribution is -2.11. The van der Waals surface area contributed by atoms with Gasteiger partial charge in [0.25, 0.3) is 0 Å². The Bertz CT molecular complexity index is 897. The molecule has 0 saturated carbocycles. The maximum Gasteiger partial charge on any atom is 0.348 e. The SMILES string of the molecule is Cc1c(C(=O)OC(C)C)sc2ncnc(Nc3ccc(F)cc3)c12.Cl. The molecule has 2 aromatic heterocycles. The van der Waals surface area contributed by atoms with E-state index in [4.69, 9.17) is 4.74 Å². The number of nitrogens with one attached hydrogen (secondary N) is 1. The maximum absolute atomic E-state index is 13.0. The van der Waals surface area contributed by atoms with Gasteiger partial charge in [-0.25, -0.2) is 19.2 Å². The summed E-state index contributed by atoms with van der Waals surface area (Å²) in [5.41, 5.74) is 1.47. The van der Waals surface area contributed by atoms with Crippen molar-refractivity contribution in [2.45, 2.75) is 26.9 Å². The Morgan fingerprint density at radius 3 is 2.56 bits per heavy atom. The molecule has 0 unspecified atom stereocenters. The molecule has 3 aromatic rings. The number of rotatable bonds is 4. The van der Waals surface area contributed by atoms with E-state index in [1.165, 1.54) is 29.8 Å². The van der Waals surface area contributed by atoms with Gasteiger partial charge in [-0.05, 0) is 50.6 Å². The van der Waals surface area contributed by atoms with Gasteiger partial charge in [-0.1, -0.05) is 0 Å². The number of hydrogen-bond acceptors (Lipinski definition) is 6. The van der Waals surface area contributed by atoms with Crippen molar-refractivity contribution in [3.05, 3.63) is 46.9 Å². The molecule has 132 valence electrons. The molecule has 0 spiro atoms. The van der Waals surface area contributed by atoms with E-state index in [1.54, 1.807) is 12.1 Å². The van der Waals surface area contributed by atoms with Crippen LogP contribution in [0, 0.1) is 12.7 Å². The van der Waals surface area contributed by atoms with Crippen LogP contribution in [0.5, 0.6) is 0 Å². The third-order valence-electron chi connectivity index (χ3n) is 3.36. The number of carbonyl (C=O) groups is 1. The topological polar surface area (TPSA) is 64.1 Å². The number of thiophene rings is 1. The largest absolute Gasteiger partial charge is 0.459 e. The summed E-state index contributed by atoms with van der Waals surface area (Å²) in [5, 5.41) is 3.91. The Morgan fingerprint density at radius 2 is 1.92 bits per heavy atom. The highest BCUT2D eigenvalue weighted by molar-refractivity contribution is 7.20. The second-order valence-corrected chi connectivity index (χ2v) is 6.54. The number of carbonyl (C=O) groups excluding carboxylic acids is 1. The van der Waals surface area contributed by atoms with Crippen molar-refractivity contribution in [2.75, 3.05) is 5.32 Å². The number of ether oxygens (including phenoxy) is 1. The molecule has 3 rings (SSSR count). The number of aryl methyl sites for hydroxylation is 1. The molecule has 0 saturated heterocycles. The molecule has 0 aliphatic heterocycles. The van der Waals surface area contributed by atoms with Gasteiger partial charge in [-0.2, -0.15) is 0 Å². The standard InChI is InChI=1S/C17H16FN3O2S.ClH/c1-9(2)23-17(22)14-10(3)13-15(19-8-20-16(13)24-14)21-12-6-4-11(18)5-7-12;/h4-9H,1-3H3,(H,19,20,21);1H. The second-order valence-electron chi connectivity index (χ2n) is 5.54. The number of halogens is 2. The fourth-order valence-corrected chi connectivity index (χ4v) is 3.33. The fourth-order valence-electron chi connectivity index (χ4n) is 2.30. The number of esters is 1. The summed E-state index contributed by atoms with van der Waals surface area (Å²) in [5.74, 6) is -0.0963. The lowest BCUT2D eigenvalue weighted by Gasteiger charge is -2.08. The summed E-state index contributed by atoms with van der Waals surface area (Å²) < 4.78 is 18.3. The van der Waals surface area contributed by atoms with Gasteiger partial charge in [0, 0.05) is 5.69 Å². The molecule has 0 bridgehead atoms. The van der Waals surface area contributed by atoms with E-state index >= 15 is 0 Å². The van der Waals surface area contributed by atoms with Gasteiger partial charge in [-0.15, -0.1) is 23.7 Å². The van der Waals surface area contributed by atoms with Crippen molar-refractivity contribution in [1.29, 1.82) is 0 Å². The van der Waals surface area contributed by atoms with Gasteiger partial charge in [0.2, 0.25) is 0 Å². The van der Waals surface area contributed by atoms with Crippen LogP contribution in [0.15, 0.2) is 30.6 Å². The van der Waals surface area contributed by atoms with Crippen LogP contribution >= 0.6 is 23.7 Å². The molecule has 0 aliphatic carbocycles. The third kappa shape index (κ3) is 4.05. The van der Waals surface area contributed by atoms with Crippen molar-refractivity contribution in [1.82, 2.24) is 9.97 Å². The van der Waals surface area contributed by atoms with Crippen molar-refractivity contribution in [3.8, 4) is 0 Å². The van der Waals surface area contributed by atoms with Crippen molar-refractivity contribution < 1.29 is 13.9 Å². The number of anilines is 2. The van der Waals surface area contributed by atoms with Crippen LogP contribution in [0.25, 0.3) is 10.2 Å². The number of aromatic nitrogens is 2. The monoisotopic (exact) mass is 381 g/mol. The first-order chi connectivity index (χ1) is 11.5. The molecule has 8 heteroatoms. The van der Waals surface area contributed by atoms with Crippen molar-refractivity contribution in [3.63, 3.8) is 0 Å². The van der Waals surface area contributed by atoms with Crippen LogP contribution in [0.1, 0.15) is 29.1 Å². The molecule has 0 aliphatic rings. The van der Waals surface area contributed by atoms with Crippen LogP contribution in [-0.4, -0.2) is 22.0 Å². The molecule has 0 fully saturated rings. The lowest BCUT2D eigenvalue weighted by molar-refractivity contribution is 0.0383. The van der Waals surface area contributed by atoms with Gasteiger partial charge in [0.05, 0.1) is 11.5 Å². The quantitative estimate of drug-likeness (QED) is 0.653. The molecular weight excluding hydrogens is 365 g/mol. The van der Waals surface area contributed by atoms with Gasteiger partial charge < -0.3 is 10.1 Å². The van der Waals surface area contributed by atoms with E-state index in [0.717, 1.165) is 10.9 Å². The zero-order valence-electron chi connectivity index (χ0n) is 13.9. The number of benzene rings is 1. The first-order valence-corrected chi connectivity index (χ1v) is 8.25. The summed E-state index contributed by atoms with van der Waals surface area (Å²) >= 11 is 1.28. The summed E-state index contributed by atoms with van der Waals surface area (Å²) in [6.07, 6.45) is 1.24. The van der Waals surface area contributed by atoms with E-state index in [0.29, 0.717) is 21.2 Å². The highest BCUT2D eigenvalue weighted by Crippen LogP contribution is 2.34. The van der Waals surface area contributed by atoms with Crippen LogP contribution in [0.4, 0.5) is 15.9 Å². The molecule has 5 nitrogen and oxygen atoms in total. The second kappa shape index (κ2) is 7.76. The normalized spacial score (nSPS) is 10.6. The fraction of sp³-hybridized carbons (Fsp3) is 0.235. The summed E-state index contributed by atoms with van der Waals surface area (Å²) in [6.45, 7) is 5.46. The van der Waals surface area contributed by atoms with Gasteiger partial charge in [0.15, 0.2) is 0 Å². The summed E-state index contributed by atoms with van der Waals surface area (Å²) in [7, 11) is 0. The van der Waals surface area contributed by atoms with Crippen LogP contribution in [0.2, 0.25) is 0 Å². The molecule has 2 heterocycles. The van der Waals surface area contributed by atoms with Crippen LogP contribution in [0.3, 0.4) is 0 Å². The minimum Gasteiger partial charge on any atom is -0.459 e. The summed E-state index contributed by atoms with van der Waals surface area (Å²) in [6, 6.07) is 5.98. The van der Waals surface area contributed by atoms with Crippen LogP contribution < -0.4 is 5.32 Å². The first kappa shape index (κ1) is 19.1. The van der Waals surface area contributed by atoms with E-state index in [-0.39, 0.29) is 30.3 Å². The van der Waals surface area contributed by atoms with Crippen LogP contribution in [-0.2, 0) is 4.74 Å². The maximum atomic E-state index is 13.0. The van der Waals surface area contributed by atoms with Gasteiger partial charge in [-0.3, -0.25) is 0 Å². The zero-order chi connectivity index (χ0) is 17.3. The van der Waals surface area contributed by atoms with E-state index in [1.807, 2.05) is 20.8 Å². The molecule has 0 atom stereocenters. The highest BCUT2D eigenvalue weighted by atomic mass is 35.5. The van der Waals surface area contributed by atoms with E-state index < -0.39 is 0 Å². The molecule has 1 aromatic carbocycles. The number of fused-ring (bicyclic) bond motifs is 1. The van der Waals surface area contributed by atoms with E-state index in [9.17, 15) is 9.18 Å². The third-order valence-corrected chi connectivity index (χ3v) is 4.54. The minimum absolute atomic E-state index is 0. The van der Waals surface area contributed by atoms with Crippen molar-refractivity contribution in [2.24, 2.45) is 0 Å². The lowest BCUT2D eigenvalue weighted by atomic mass is 10.2. The van der Waals surface area contributed by atoms with E-state index in [2.05, 4.69) is 15.3 Å². The Morgan fingerprint density at radius 1 is 1.24 bits per heavy atom. The average Bonchev–Trinajstić information content (AvgIpc) is 2.87. The predicted octanol–water partition coefficient (Wildman–Crippen LogP) is 4.87. The number of hydrogen-bond donors (Lipinski definition) is 1. The Labute approximate surface area is 154 Å². The molecule has 1 N–H and O–H groups in total. The predicted molar refractivity (Wildman–Crippen MR) is 99.6 cm³/mol. The summed E-state index contributed by atoms with van der Waals surface area (Å²) in [4.78, 5) is 21.9.